The van der Waals surface area contributed by atoms with Crippen LogP contribution in [-0.4, -0.2) is 24.3 Å². The Morgan fingerprint density at radius 3 is 2.44 bits per heavy atom. The number of amides is 1. The maximum absolute atomic E-state index is 13.9. The van der Waals surface area contributed by atoms with Gasteiger partial charge in [-0.1, -0.05) is 50.2 Å². The lowest BCUT2D eigenvalue weighted by Crippen LogP contribution is -2.54. The number of allylic oxidation sites excluding steroid dienone is 1. The van der Waals surface area contributed by atoms with Crippen LogP contribution >= 0.6 is 0 Å². The van der Waals surface area contributed by atoms with E-state index in [0.29, 0.717) is 34.6 Å². The Bertz CT molecular complexity index is 1290. The number of benzene rings is 2. The monoisotopic (exact) mass is 457 g/mol. The van der Waals surface area contributed by atoms with Crippen molar-refractivity contribution in [2.24, 2.45) is 11.1 Å². The van der Waals surface area contributed by atoms with E-state index in [-0.39, 0.29) is 35.6 Å². The number of carbonyl (C=O) groups is 3. The van der Waals surface area contributed by atoms with Crippen molar-refractivity contribution in [2.75, 3.05) is 16.8 Å². The molecule has 0 aromatic heterocycles. The Labute approximate surface area is 198 Å². The molecule has 2 aliphatic heterocycles. The van der Waals surface area contributed by atoms with Gasteiger partial charge in [-0.25, -0.2) is 4.79 Å². The number of hydrogen-bond acceptors (Lipinski definition) is 6. The summed E-state index contributed by atoms with van der Waals surface area (Å²) in [5, 5.41) is 2.89. The SMILES string of the molecule is CCOC(=O)C1=C(N)N(c2ccccc2)C2=C(C(=O)CC(C)(C)C2)C12C(=O)Nc1ccccc12. The van der Waals surface area contributed by atoms with Crippen LogP contribution in [0.15, 0.2) is 77.3 Å². The van der Waals surface area contributed by atoms with E-state index < -0.39 is 17.3 Å². The quantitative estimate of drug-likeness (QED) is 0.681. The molecule has 0 radical (unpaired) electrons. The molecule has 1 atom stereocenters. The van der Waals surface area contributed by atoms with Gasteiger partial charge in [0.05, 0.1) is 6.61 Å². The number of carbonyl (C=O) groups excluding carboxylic acids is 3. The molecule has 0 fully saturated rings. The van der Waals surface area contributed by atoms with Crippen LogP contribution in [0.1, 0.15) is 39.2 Å². The second kappa shape index (κ2) is 7.58. The van der Waals surface area contributed by atoms with Gasteiger partial charge in [-0.05, 0) is 37.0 Å². The Kier molecular flexibility index (Phi) is 4.90. The zero-order valence-electron chi connectivity index (χ0n) is 19.5. The molecule has 34 heavy (non-hydrogen) atoms. The minimum Gasteiger partial charge on any atom is -0.462 e. The number of Topliss-reactive ketones (excluding diaryl/α,β-unsaturated/α-hetero) is 1. The number of ketones is 1. The molecule has 2 heterocycles. The van der Waals surface area contributed by atoms with Crippen molar-refractivity contribution in [2.45, 2.75) is 39.0 Å². The molecule has 7 heteroatoms. The van der Waals surface area contributed by atoms with Gasteiger partial charge in [0.1, 0.15) is 16.8 Å². The Hall–Kier alpha value is -3.87. The molecule has 1 spiro atoms. The summed E-state index contributed by atoms with van der Waals surface area (Å²) < 4.78 is 5.42. The predicted molar refractivity (Wildman–Crippen MR) is 129 cm³/mol. The van der Waals surface area contributed by atoms with E-state index in [9.17, 15) is 14.4 Å². The molecular weight excluding hydrogens is 430 g/mol. The van der Waals surface area contributed by atoms with Crippen molar-refractivity contribution >= 4 is 29.0 Å². The maximum Gasteiger partial charge on any atom is 0.339 e. The number of fused-ring (bicyclic) bond motifs is 3. The lowest BCUT2D eigenvalue weighted by atomic mass is 9.60. The molecule has 0 bridgehead atoms. The molecule has 0 saturated heterocycles. The van der Waals surface area contributed by atoms with E-state index in [1.165, 1.54) is 0 Å². The van der Waals surface area contributed by atoms with Crippen LogP contribution in [0.2, 0.25) is 0 Å². The first kappa shape index (κ1) is 21.9. The summed E-state index contributed by atoms with van der Waals surface area (Å²) in [6, 6.07) is 16.5. The maximum atomic E-state index is 13.9. The van der Waals surface area contributed by atoms with Gasteiger partial charge in [-0.2, -0.15) is 0 Å². The van der Waals surface area contributed by atoms with E-state index in [1.54, 1.807) is 36.1 Å². The number of nitrogens with zero attached hydrogens (tertiary/aromatic N) is 1. The summed E-state index contributed by atoms with van der Waals surface area (Å²) >= 11 is 0. The Morgan fingerprint density at radius 1 is 1.06 bits per heavy atom. The van der Waals surface area contributed by atoms with E-state index in [1.807, 2.05) is 44.2 Å². The molecule has 3 N–H and O–H groups in total. The zero-order chi connectivity index (χ0) is 24.3. The summed E-state index contributed by atoms with van der Waals surface area (Å²) in [6.45, 7) is 5.84. The highest BCUT2D eigenvalue weighted by Gasteiger charge is 2.62. The summed E-state index contributed by atoms with van der Waals surface area (Å²) in [7, 11) is 0. The molecule has 1 amide bonds. The third kappa shape index (κ3) is 2.93. The van der Waals surface area contributed by atoms with Gasteiger partial charge in [-0.15, -0.1) is 0 Å². The van der Waals surface area contributed by atoms with Crippen LogP contribution in [0.3, 0.4) is 0 Å². The highest BCUT2D eigenvalue weighted by molar-refractivity contribution is 6.23. The van der Waals surface area contributed by atoms with E-state index in [0.717, 1.165) is 0 Å². The van der Waals surface area contributed by atoms with E-state index in [4.69, 9.17) is 10.5 Å². The molecule has 5 rings (SSSR count). The topological polar surface area (TPSA) is 102 Å². The fourth-order valence-electron chi connectivity index (χ4n) is 5.57. The summed E-state index contributed by atoms with van der Waals surface area (Å²) in [5.41, 5.74) is 7.50. The number of rotatable bonds is 3. The van der Waals surface area contributed by atoms with Crippen LogP contribution in [-0.2, 0) is 24.5 Å². The number of nitrogens with one attached hydrogen (secondary N) is 1. The minimum absolute atomic E-state index is 0.0209. The normalized spacial score (nSPS) is 23.1. The van der Waals surface area contributed by atoms with Gasteiger partial charge in [0.25, 0.3) is 0 Å². The molecule has 174 valence electrons. The van der Waals surface area contributed by atoms with Crippen LogP contribution in [0, 0.1) is 5.41 Å². The molecule has 7 nitrogen and oxygen atoms in total. The van der Waals surface area contributed by atoms with Crippen LogP contribution in [0.4, 0.5) is 11.4 Å². The molecule has 2 aromatic rings. The molecule has 1 aliphatic carbocycles. The van der Waals surface area contributed by atoms with Crippen LogP contribution in [0.25, 0.3) is 0 Å². The smallest absolute Gasteiger partial charge is 0.339 e. The average molecular weight is 458 g/mol. The van der Waals surface area contributed by atoms with Crippen molar-refractivity contribution in [1.29, 1.82) is 0 Å². The lowest BCUT2D eigenvalue weighted by Gasteiger charge is -2.47. The average Bonchev–Trinajstić information content (AvgIpc) is 3.05. The second-order valence-corrected chi connectivity index (χ2v) is 9.66. The first-order valence-corrected chi connectivity index (χ1v) is 11.4. The fourth-order valence-corrected chi connectivity index (χ4v) is 5.57. The second-order valence-electron chi connectivity index (χ2n) is 9.66. The van der Waals surface area contributed by atoms with Gasteiger partial charge in [-0.3, -0.25) is 14.5 Å². The number of anilines is 2. The lowest BCUT2D eigenvalue weighted by molar-refractivity contribution is -0.140. The molecule has 3 aliphatic rings. The van der Waals surface area contributed by atoms with Gasteiger partial charge in [0.15, 0.2) is 5.78 Å². The summed E-state index contributed by atoms with van der Waals surface area (Å²) in [5.74, 6) is -1.25. The molecular formula is C27H27N3O4. The molecule has 2 aromatic carbocycles. The first-order chi connectivity index (χ1) is 16.2. The van der Waals surface area contributed by atoms with Gasteiger partial charge < -0.3 is 15.8 Å². The van der Waals surface area contributed by atoms with Crippen LogP contribution in [0.5, 0.6) is 0 Å². The number of hydrogen-bond donors (Lipinski definition) is 2. The number of ether oxygens (including phenoxy) is 1. The largest absolute Gasteiger partial charge is 0.462 e. The Balaban J connectivity index is 1.92. The van der Waals surface area contributed by atoms with E-state index >= 15 is 0 Å². The van der Waals surface area contributed by atoms with Crippen molar-refractivity contribution in [3.8, 4) is 0 Å². The molecule has 0 saturated carbocycles. The van der Waals surface area contributed by atoms with Gasteiger partial charge >= 0.3 is 5.97 Å². The van der Waals surface area contributed by atoms with Crippen molar-refractivity contribution < 1.29 is 19.1 Å². The van der Waals surface area contributed by atoms with Gasteiger partial charge in [0.2, 0.25) is 5.91 Å². The van der Waals surface area contributed by atoms with Crippen molar-refractivity contribution in [1.82, 2.24) is 0 Å². The van der Waals surface area contributed by atoms with Crippen LogP contribution < -0.4 is 16.0 Å². The number of para-hydroxylation sites is 2. The first-order valence-electron chi connectivity index (χ1n) is 11.4. The van der Waals surface area contributed by atoms with Crippen molar-refractivity contribution in [3.05, 3.63) is 82.8 Å². The zero-order valence-corrected chi connectivity index (χ0v) is 19.5. The minimum atomic E-state index is -1.67. The predicted octanol–water partition coefficient (Wildman–Crippen LogP) is 3.77. The highest BCUT2D eigenvalue weighted by atomic mass is 16.5. The Morgan fingerprint density at radius 2 is 1.74 bits per heavy atom. The molecule has 1 unspecified atom stereocenters. The number of esters is 1. The fraction of sp³-hybridized carbons (Fsp3) is 0.296. The highest BCUT2D eigenvalue weighted by Crippen LogP contribution is 2.57. The van der Waals surface area contributed by atoms with Gasteiger partial charge in [0, 0.05) is 34.6 Å². The third-order valence-electron chi connectivity index (χ3n) is 6.78. The third-order valence-corrected chi connectivity index (χ3v) is 6.78. The standard InChI is InChI=1S/C27H27N3O4/c1-4-34-24(32)22-23(28)30(16-10-6-5-7-11-16)19-14-26(2,3)15-20(31)21(19)27(22)17-12-8-9-13-18(17)29-25(27)33/h5-13H,4,14-15,28H2,1-3H3,(H,29,33). The number of nitrogens with two attached hydrogens (primary N) is 1. The van der Waals surface area contributed by atoms with E-state index in [2.05, 4.69) is 5.32 Å². The van der Waals surface area contributed by atoms with Crippen molar-refractivity contribution in [3.63, 3.8) is 0 Å². The summed E-state index contributed by atoms with van der Waals surface area (Å²) in [6.07, 6.45) is 0.763. The summed E-state index contributed by atoms with van der Waals surface area (Å²) in [4.78, 5) is 43.0.